The Hall–Kier alpha value is -0.860. The SMILES string of the molecule is CN=C(NCc1cccc(CN2CCOCC2)c1)N1CC2CCCCC2C1.I. The molecule has 156 valence electrons. The molecule has 0 bridgehead atoms. The molecule has 2 aliphatic heterocycles. The third-order valence-corrected chi connectivity index (χ3v) is 6.44. The Morgan fingerprint density at radius 3 is 2.46 bits per heavy atom. The Balaban J connectivity index is 0.00000225. The second-order valence-electron chi connectivity index (χ2n) is 8.32. The van der Waals surface area contributed by atoms with Gasteiger partial charge in [-0.05, 0) is 35.8 Å². The largest absolute Gasteiger partial charge is 0.379 e. The van der Waals surface area contributed by atoms with E-state index in [1.807, 2.05) is 7.05 Å². The van der Waals surface area contributed by atoms with Crippen LogP contribution in [0.4, 0.5) is 0 Å². The Bertz CT molecular complexity index is 633. The summed E-state index contributed by atoms with van der Waals surface area (Å²) in [6.45, 7) is 8.00. The standard InChI is InChI=1S/C22H34N4O.HI/c1-23-22(26-16-20-7-2-3-8-21(20)17-26)24-14-18-5-4-6-19(13-18)15-25-9-11-27-12-10-25;/h4-6,13,20-21H,2-3,7-12,14-17H2,1H3,(H,23,24);1H. The molecule has 2 unspecified atom stereocenters. The fourth-order valence-electron chi connectivity index (χ4n) is 4.95. The summed E-state index contributed by atoms with van der Waals surface area (Å²) in [6.07, 6.45) is 5.64. The van der Waals surface area contributed by atoms with E-state index in [1.165, 1.54) is 49.9 Å². The van der Waals surface area contributed by atoms with Crippen LogP contribution >= 0.6 is 24.0 Å². The van der Waals surface area contributed by atoms with Crippen LogP contribution in [0.25, 0.3) is 0 Å². The molecule has 0 spiro atoms. The van der Waals surface area contributed by atoms with Gasteiger partial charge in [0.1, 0.15) is 0 Å². The molecule has 3 aliphatic rings. The number of guanidine groups is 1. The Labute approximate surface area is 186 Å². The number of benzene rings is 1. The summed E-state index contributed by atoms with van der Waals surface area (Å²) in [5, 5.41) is 3.61. The van der Waals surface area contributed by atoms with Crippen LogP contribution in [0, 0.1) is 11.8 Å². The normalized spacial score (nSPS) is 25.9. The number of nitrogens with zero attached hydrogens (tertiary/aromatic N) is 3. The van der Waals surface area contributed by atoms with Gasteiger partial charge in [-0.25, -0.2) is 0 Å². The van der Waals surface area contributed by atoms with E-state index >= 15 is 0 Å². The predicted octanol–water partition coefficient (Wildman–Crippen LogP) is 3.33. The number of halogens is 1. The zero-order valence-corrected chi connectivity index (χ0v) is 19.4. The van der Waals surface area contributed by atoms with Crippen LogP contribution in [0.1, 0.15) is 36.8 Å². The van der Waals surface area contributed by atoms with E-state index < -0.39 is 0 Å². The minimum atomic E-state index is 0. The van der Waals surface area contributed by atoms with E-state index in [1.54, 1.807) is 0 Å². The van der Waals surface area contributed by atoms with Gasteiger partial charge < -0.3 is 15.0 Å². The molecular formula is C22H35IN4O. The number of likely N-dealkylation sites (tertiary alicyclic amines) is 1. The first kappa shape index (κ1) is 21.8. The number of hydrogen-bond donors (Lipinski definition) is 1. The minimum Gasteiger partial charge on any atom is -0.379 e. The van der Waals surface area contributed by atoms with Crippen molar-refractivity contribution in [2.24, 2.45) is 16.8 Å². The predicted molar refractivity (Wildman–Crippen MR) is 125 cm³/mol. The molecule has 4 rings (SSSR count). The van der Waals surface area contributed by atoms with Gasteiger partial charge in [0.25, 0.3) is 0 Å². The van der Waals surface area contributed by atoms with Gasteiger partial charge >= 0.3 is 0 Å². The molecule has 3 fully saturated rings. The van der Waals surface area contributed by atoms with Crippen molar-refractivity contribution in [2.45, 2.75) is 38.8 Å². The number of ether oxygens (including phenoxy) is 1. The quantitative estimate of drug-likeness (QED) is 0.393. The lowest BCUT2D eigenvalue weighted by Crippen LogP contribution is -2.40. The van der Waals surface area contributed by atoms with Crippen LogP contribution in [0.5, 0.6) is 0 Å². The average Bonchev–Trinajstić information content (AvgIpc) is 3.13. The molecule has 1 aromatic carbocycles. The Morgan fingerprint density at radius 2 is 1.79 bits per heavy atom. The molecule has 2 saturated heterocycles. The first-order valence-corrected chi connectivity index (χ1v) is 10.7. The van der Waals surface area contributed by atoms with E-state index in [0.717, 1.165) is 57.2 Å². The highest BCUT2D eigenvalue weighted by atomic mass is 127. The van der Waals surface area contributed by atoms with Gasteiger partial charge in [-0.1, -0.05) is 37.1 Å². The Morgan fingerprint density at radius 1 is 1.11 bits per heavy atom. The summed E-state index contributed by atoms with van der Waals surface area (Å²) in [4.78, 5) is 9.53. The minimum absolute atomic E-state index is 0. The molecule has 2 atom stereocenters. The molecule has 1 saturated carbocycles. The number of morpholine rings is 1. The van der Waals surface area contributed by atoms with E-state index in [4.69, 9.17) is 4.74 Å². The van der Waals surface area contributed by atoms with Gasteiger partial charge in [-0.15, -0.1) is 24.0 Å². The van der Waals surface area contributed by atoms with Gasteiger partial charge in [-0.3, -0.25) is 9.89 Å². The third-order valence-electron chi connectivity index (χ3n) is 6.44. The topological polar surface area (TPSA) is 40.1 Å². The van der Waals surface area contributed by atoms with Crippen LogP contribution in [0.2, 0.25) is 0 Å². The second-order valence-corrected chi connectivity index (χ2v) is 8.32. The van der Waals surface area contributed by atoms with Crippen molar-refractivity contribution in [1.82, 2.24) is 15.1 Å². The molecule has 0 aromatic heterocycles. The lowest BCUT2D eigenvalue weighted by Gasteiger charge is -2.26. The highest BCUT2D eigenvalue weighted by molar-refractivity contribution is 14.0. The second kappa shape index (κ2) is 10.8. The molecule has 1 N–H and O–H groups in total. The molecule has 0 amide bonds. The Kier molecular flexibility index (Phi) is 8.41. The molecule has 5 nitrogen and oxygen atoms in total. The fraction of sp³-hybridized carbons (Fsp3) is 0.682. The molecule has 28 heavy (non-hydrogen) atoms. The zero-order chi connectivity index (χ0) is 18.5. The van der Waals surface area contributed by atoms with Crippen LogP contribution in [0.15, 0.2) is 29.3 Å². The molecular weight excluding hydrogens is 463 g/mol. The van der Waals surface area contributed by atoms with Crippen LogP contribution < -0.4 is 5.32 Å². The van der Waals surface area contributed by atoms with Crippen molar-refractivity contribution in [3.63, 3.8) is 0 Å². The molecule has 2 heterocycles. The summed E-state index contributed by atoms with van der Waals surface area (Å²) in [6, 6.07) is 8.96. The van der Waals surface area contributed by atoms with Crippen LogP contribution in [-0.2, 0) is 17.8 Å². The van der Waals surface area contributed by atoms with E-state index in [2.05, 4.69) is 44.4 Å². The highest BCUT2D eigenvalue weighted by Crippen LogP contribution is 2.35. The van der Waals surface area contributed by atoms with Crippen molar-refractivity contribution in [1.29, 1.82) is 0 Å². The average molecular weight is 498 g/mol. The van der Waals surface area contributed by atoms with Gasteiger partial charge in [0, 0.05) is 46.3 Å². The van der Waals surface area contributed by atoms with Crippen molar-refractivity contribution in [2.75, 3.05) is 46.4 Å². The molecule has 6 heteroatoms. The van der Waals surface area contributed by atoms with E-state index in [9.17, 15) is 0 Å². The monoisotopic (exact) mass is 498 g/mol. The summed E-state index contributed by atoms with van der Waals surface area (Å²) >= 11 is 0. The number of hydrogen-bond acceptors (Lipinski definition) is 3. The van der Waals surface area contributed by atoms with Gasteiger partial charge in [0.15, 0.2) is 5.96 Å². The lowest BCUT2D eigenvalue weighted by atomic mass is 9.82. The first-order chi connectivity index (χ1) is 13.3. The number of nitrogens with one attached hydrogen (secondary N) is 1. The summed E-state index contributed by atoms with van der Waals surface area (Å²) in [5.41, 5.74) is 2.72. The van der Waals surface area contributed by atoms with Crippen molar-refractivity contribution < 1.29 is 4.74 Å². The smallest absolute Gasteiger partial charge is 0.193 e. The maximum absolute atomic E-state index is 5.45. The third kappa shape index (κ3) is 5.60. The molecule has 0 radical (unpaired) electrons. The summed E-state index contributed by atoms with van der Waals surface area (Å²) < 4.78 is 5.45. The molecule has 1 aromatic rings. The fourth-order valence-corrected chi connectivity index (χ4v) is 4.95. The lowest BCUT2D eigenvalue weighted by molar-refractivity contribution is 0.0342. The van der Waals surface area contributed by atoms with E-state index in [-0.39, 0.29) is 24.0 Å². The molecule has 1 aliphatic carbocycles. The van der Waals surface area contributed by atoms with Crippen molar-refractivity contribution in [3.8, 4) is 0 Å². The zero-order valence-electron chi connectivity index (χ0n) is 17.1. The van der Waals surface area contributed by atoms with Crippen molar-refractivity contribution in [3.05, 3.63) is 35.4 Å². The maximum atomic E-state index is 5.45. The number of fused-ring (bicyclic) bond motifs is 1. The van der Waals surface area contributed by atoms with Crippen molar-refractivity contribution >= 4 is 29.9 Å². The summed E-state index contributed by atoms with van der Waals surface area (Å²) in [5.74, 6) is 2.84. The van der Waals surface area contributed by atoms with Crippen LogP contribution in [0.3, 0.4) is 0 Å². The number of aliphatic imine (C=N–C) groups is 1. The number of rotatable bonds is 4. The van der Waals surface area contributed by atoms with Gasteiger partial charge in [0.05, 0.1) is 13.2 Å². The summed E-state index contributed by atoms with van der Waals surface area (Å²) in [7, 11) is 1.92. The van der Waals surface area contributed by atoms with Gasteiger partial charge in [0.2, 0.25) is 0 Å². The maximum Gasteiger partial charge on any atom is 0.193 e. The van der Waals surface area contributed by atoms with E-state index in [0.29, 0.717) is 0 Å². The highest BCUT2D eigenvalue weighted by Gasteiger charge is 2.35. The first-order valence-electron chi connectivity index (χ1n) is 10.7. The van der Waals surface area contributed by atoms with Crippen LogP contribution in [-0.4, -0.2) is 62.2 Å². The van der Waals surface area contributed by atoms with Gasteiger partial charge in [-0.2, -0.15) is 0 Å².